The van der Waals surface area contributed by atoms with Crippen molar-refractivity contribution in [1.29, 1.82) is 0 Å². The lowest BCUT2D eigenvalue weighted by molar-refractivity contribution is 0.735. The quantitative estimate of drug-likeness (QED) is 0.924. The van der Waals surface area contributed by atoms with E-state index in [0.717, 1.165) is 21.4 Å². The van der Waals surface area contributed by atoms with Crippen molar-refractivity contribution in [3.63, 3.8) is 0 Å². The van der Waals surface area contributed by atoms with Gasteiger partial charge in [0.25, 0.3) is 0 Å². The Morgan fingerprint density at radius 3 is 2.41 bits per heavy atom. The summed E-state index contributed by atoms with van der Waals surface area (Å²) in [7, 11) is 0. The fourth-order valence-electron chi connectivity index (χ4n) is 1.56. The molecular weight excluding hydrogens is 278 g/mol. The number of nitrogens with zero attached hydrogens (tertiary/aromatic N) is 2. The Morgan fingerprint density at radius 1 is 1.18 bits per heavy atom. The van der Waals surface area contributed by atoms with Gasteiger partial charge in [0, 0.05) is 15.7 Å². The Hall–Kier alpha value is -1.26. The summed E-state index contributed by atoms with van der Waals surface area (Å²) in [5.74, 6) is 0.683. The Labute approximate surface area is 109 Å². The average molecular weight is 292 g/mol. The fourth-order valence-corrected chi connectivity index (χ4v) is 1.83. The molecule has 0 bridgehead atoms. The van der Waals surface area contributed by atoms with Gasteiger partial charge in [0.05, 0.1) is 11.7 Å². The van der Waals surface area contributed by atoms with E-state index in [2.05, 4.69) is 25.9 Å². The Bertz CT molecular complexity index is 521. The van der Waals surface area contributed by atoms with E-state index >= 15 is 0 Å². The van der Waals surface area contributed by atoms with Crippen LogP contribution in [0.25, 0.3) is 11.3 Å². The van der Waals surface area contributed by atoms with Crippen LogP contribution in [0.15, 0.2) is 34.8 Å². The highest BCUT2D eigenvalue weighted by molar-refractivity contribution is 9.10. The lowest BCUT2D eigenvalue weighted by atomic mass is 10.1. The van der Waals surface area contributed by atoms with Crippen molar-refractivity contribution in [3.05, 3.63) is 46.3 Å². The number of hydrogen-bond acceptors (Lipinski definition) is 3. The molecule has 2 rings (SSSR count). The first kappa shape index (κ1) is 12.2. The summed E-state index contributed by atoms with van der Waals surface area (Å²) >= 11 is 3.42. The molecule has 1 aromatic heterocycles. The van der Waals surface area contributed by atoms with Crippen LogP contribution in [0.2, 0.25) is 0 Å². The molecule has 0 aliphatic carbocycles. The maximum absolute atomic E-state index is 5.82. The molecule has 1 unspecified atom stereocenters. The third-order valence-electron chi connectivity index (χ3n) is 2.42. The van der Waals surface area contributed by atoms with Gasteiger partial charge in [0.15, 0.2) is 0 Å². The highest BCUT2D eigenvalue weighted by atomic mass is 79.9. The van der Waals surface area contributed by atoms with Gasteiger partial charge in [0.1, 0.15) is 5.82 Å². The van der Waals surface area contributed by atoms with Crippen molar-refractivity contribution >= 4 is 15.9 Å². The fraction of sp³-hybridized carbons (Fsp3) is 0.231. The standard InChI is InChI=1S/C13H14BrN3/c1-8-7-12(17-13(16-8)9(2)15)10-3-5-11(14)6-4-10/h3-7,9H,15H2,1-2H3. The third-order valence-corrected chi connectivity index (χ3v) is 2.95. The Kier molecular flexibility index (Phi) is 3.54. The number of benzene rings is 1. The highest BCUT2D eigenvalue weighted by Crippen LogP contribution is 2.21. The van der Waals surface area contributed by atoms with Gasteiger partial charge in [-0.2, -0.15) is 0 Å². The van der Waals surface area contributed by atoms with Gasteiger partial charge in [-0.1, -0.05) is 28.1 Å². The van der Waals surface area contributed by atoms with Crippen molar-refractivity contribution in [3.8, 4) is 11.3 Å². The van der Waals surface area contributed by atoms with Crippen LogP contribution < -0.4 is 5.73 Å². The normalized spacial score (nSPS) is 12.5. The van der Waals surface area contributed by atoms with Gasteiger partial charge in [-0.3, -0.25) is 0 Å². The molecule has 0 saturated heterocycles. The second kappa shape index (κ2) is 4.94. The molecule has 4 heteroatoms. The van der Waals surface area contributed by atoms with Crippen molar-refractivity contribution in [1.82, 2.24) is 9.97 Å². The molecule has 0 saturated carbocycles. The van der Waals surface area contributed by atoms with Crippen LogP contribution >= 0.6 is 15.9 Å². The van der Waals surface area contributed by atoms with E-state index in [1.54, 1.807) is 0 Å². The van der Waals surface area contributed by atoms with Crippen LogP contribution in [-0.4, -0.2) is 9.97 Å². The number of rotatable bonds is 2. The first-order chi connectivity index (χ1) is 8.06. The molecule has 0 aliphatic rings. The summed E-state index contributed by atoms with van der Waals surface area (Å²) in [5, 5.41) is 0. The first-order valence-corrected chi connectivity index (χ1v) is 6.22. The van der Waals surface area contributed by atoms with E-state index in [-0.39, 0.29) is 6.04 Å². The van der Waals surface area contributed by atoms with E-state index < -0.39 is 0 Å². The van der Waals surface area contributed by atoms with E-state index in [0.29, 0.717) is 5.82 Å². The smallest absolute Gasteiger partial charge is 0.145 e. The number of nitrogens with two attached hydrogens (primary N) is 1. The number of hydrogen-bond donors (Lipinski definition) is 1. The van der Waals surface area contributed by atoms with Crippen molar-refractivity contribution in [2.45, 2.75) is 19.9 Å². The highest BCUT2D eigenvalue weighted by Gasteiger charge is 2.07. The van der Waals surface area contributed by atoms with Crippen LogP contribution in [-0.2, 0) is 0 Å². The van der Waals surface area contributed by atoms with Gasteiger partial charge in [-0.15, -0.1) is 0 Å². The summed E-state index contributed by atoms with van der Waals surface area (Å²) in [6.07, 6.45) is 0. The zero-order chi connectivity index (χ0) is 12.4. The molecule has 0 spiro atoms. The van der Waals surface area contributed by atoms with E-state index in [9.17, 15) is 0 Å². The molecule has 88 valence electrons. The van der Waals surface area contributed by atoms with Crippen LogP contribution in [0, 0.1) is 6.92 Å². The second-order valence-corrected chi connectivity index (χ2v) is 4.96. The molecule has 3 nitrogen and oxygen atoms in total. The minimum absolute atomic E-state index is 0.149. The molecule has 0 aliphatic heterocycles. The predicted molar refractivity (Wildman–Crippen MR) is 72.5 cm³/mol. The van der Waals surface area contributed by atoms with Crippen molar-refractivity contribution < 1.29 is 0 Å². The second-order valence-electron chi connectivity index (χ2n) is 4.05. The van der Waals surface area contributed by atoms with Gasteiger partial charge < -0.3 is 5.73 Å². The zero-order valence-electron chi connectivity index (χ0n) is 9.81. The Balaban J connectivity index is 2.48. The van der Waals surface area contributed by atoms with E-state index in [1.165, 1.54) is 0 Å². The third kappa shape index (κ3) is 2.90. The van der Waals surface area contributed by atoms with Gasteiger partial charge >= 0.3 is 0 Å². The lowest BCUT2D eigenvalue weighted by Gasteiger charge is -2.08. The van der Waals surface area contributed by atoms with Gasteiger partial charge in [-0.25, -0.2) is 9.97 Å². The van der Waals surface area contributed by atoms with Crippen LogP contribution in [0.4, 0.5) is 0 Å². The molecule has 0 radical (unpaired) electrons. The lowest BCUT2D eigenvalue weighted by Crippen LogP contribution is -2.11. The molecule has 2 aromatic rings. The molecule has 2 N–H and O–H groups in total. The predicted octanol–water partition coefficient (Wildman–Crippen LogP) is 3.23. The number of halogens is 1. The molecule has 0 fully saturated rings. The summed E-state index contributed by atoms with van der Waals surface area (Å²) in [5.41, 5.74) is 8.74. The monoisotopic (exact) mass is 291 g/mol. The minimum Gasteiger partial charge on any atom is -0.322 e. The molecule has 1 atom stereocenters. The molecule has 0 amide bonds. The summed E-state index contributed by atoms with van der Waals surface area (Å²) in [6.45, 7) is 3.84. The van der Waals surface area contributed by atoms with Crippen LogP contribution in [0.1, 0.15) is 24.5 Å². The SMILES string of the molecule is Cc1cc(-c2ccc(Br)cc2)nc(C(C)N)n1. The number of aryl methyl sites for hydroxylation is 1. The van der Waals surface area contributed by atoms with E-state index in [1.807, 2.05) is 44.2 Å². The summed E-state index contributed by atoms with van der Waals surface area (Å²) in [4.78, 5) is 8.81. The molecule has 1 heterocycles. The first-order valence-electron chi connectivity index (χ1n) is 5.43. The molecule has 17 heavy (non-hydrogen) atoms. The average Bonchev–Trinajstić information content (AvgIpc) is 2.29. The van der Waals surface area contributed by atoms with Gasteiger partial charge in [-0.05, 0) is 32.0 Å². The van der Waals surface area contributed by atoms with Crippen molar-refractivity contribution in [2.24, 2.45) is 5.73 Å². The van der Waals surface area contributed by atoms with Gasteiger partial charge in [0.2, 0.25) is 0 Å². The molecule has 1 aromatic carbocycles. The topological polar surface area (TPSA) is 51.8 Å². The minimum atomic E-state index is -0.149. The summed E-state index contributed by atoms with van der Waals surface area (Å²) in [6, 6.07) is 9.86. The van der Waals surface area contributed by atoms with E-state index in [4.69, 9.17) is 5.73 Å². The number of aromatic nitrogens is 2. The van der Waals surface area contributed by atoms with Crippen molar-refractivity contribution in [2.75, 3.05) is 0 Å². The van der Waals surface area contributed by atoms with Crippen LogP contribution in [0.3, 0.4) is 0 Å². The maximum atomic E-state index is 5.82. The summed E-state index contributed by atoms with van der Waals surface area (Å²) < 4.78 is 1.06. The molecular formula is C13H14BrN3. The zero-order valence-corrected chi connectivity index (χ0v) is 11.4. The Morgan fingerprint density at radius 2 is 1.82 bits per heavy atom. The largest absolute Gasteiger partial charge is 0.322 e. The van der Waals surface area contributed by atoms with Crippen LogP contribution in [0.5, 0.6) is 0 Å². The maximum Gasteiger partial charge on any atom is 0.145 e.